The number of hydrogen-bond donors (Lipinski definition) is 1. The third kappa shape index (κ3) is 1.94. The summed E-state index contributed by atoms with van der Waals surface area (Å²) in [5.74, 6) is -1.33. The van der Waals surface area contributed by atoms with Crippen molar-refractivity contribution >= 4 is 0 Å². The molecule has 0 bridgehead atoms. The van der Waals surface area contributed by atoms with E-state index in [1.807, 2.05) is 24.3 Å². The SMILES string of the molecule is OC1(c2ccc(F)cc2F)CCCc2ccccc21. The van der Waals surface area contributed by atoms with Gasteiger partial charge in [0.15, 0.2) is 0 Å². The minimum Gasteiger partial charge on any atom is -0.380 e. The fraction of sp³-hybridized carbons (Fsp3) is 0.250. The van der Waals surface area contributed by atoms with Crippen molar-refractivity contribution in [2.24, 2.45) is 0 Å². The van der Waals surface area contributed by atoms with Crippen LogP contribution in [0.3, 0.4) is 0 Å². The molecule has 1 aliphatic rings. The summed E-state index contributed by atoms with van der Waals surface area (Å²) in [6.07, 6.45) is 2.11. The minimum atomic E-state index is -1.35. The predicted molar refractivity (Wildman–Crippen MR) is 68.7 cm³/mol. The molecule has 3 rings (SSSR count). The molecule has 0 heterocycles. The third-order valence-corrected chi connectivity index (χ3v) is 3.82. The first-order valence-corrected chi connectivity index (χ1v) is 6.37. The molecule has 1 aliphatic carbocycles. The zero-order valence-electron chi connectivity index (χ0n) is 10.4. The second-order valence-corrected chi connectivity index (χ2v) is 5.00. The van der Waals surface area contributed by atoms with Crippen molar-refractivity contribution < 1.29 is 13.9 Å². The van der Waals surface area contributed by atoms with Gasteiger partial charge in [0.25, 0.3) is 0 Å². The summed E-state index contributed by atoms with van der Waals surface area (Å²) in [7, 11) is 0. The van der Waals surface area contributed by atoms with Gasteiger partial charge in [-0.15, -0.1) is 0 Å². The van der Waals surface area contributed by atoms with Crippen LogP contribution in [0.2, 0.25) is 0 Å². The predicted octanol–water partition coefficient (Wildman–Crippen LogP) is 3.54. The first kappa shape index (κ1) is 12.3. The van der Waals surface area contributed by atoms with Crippen molar-refractivity contribution in [1.29, 1.82) is 0 Å². The number of rotatable bonds is 1. The highest BCUT2D eigenvalue weighted by Gasteiger charge is 2.37. The van der Waals surface area contributed by atoms with Crippen molar-refractivity contribution in [2.45, 2.75) is 24.9 Å². The van der Waals surface area contributed by atoms with Crippen LogP contribution in [0.25, 0.3) is 0 Å². The zero-order valence-corrected chi connectivity index (χ0v) is 10.4. The van der Waals surface area contributed by atoms with E-state index in [0.717, 1.165) is 30.0 Å². The highest BCUT2D eigenvalue weighted by molar-refractivity contribution is 5.43. The Bertz CT molecular complexity index is 624. The second-order valence-electron chi connectivity index (χ2n) is 5.00. The van der Waals surface area contributed by atoms with Crippen LogP contribution in [0.5, 0.6) is 0 Å². The van der Waals surface area contributed by atoms with E-state index < -0.39 is 17.2 Å². The maximum atomic E-state index is 14.0. The van der Waals surface area contributed by atoms with Gasteiger partial charge in [-0.2, -0.15) is 0 Å². The number of hydrogen-bond acceptors (Lipinski definition) is 1. The van der Waals surface area contributed by atoms with E-state index in [0.29, 0.717) is 6.42 Å². The van der Waals surface area contributed by atoms with E-state index in [-0.39, 0.29) is 5.56 Å². The Hall–Kier alpha value is -1.74. The molecule has 98 valence electrons. The summed E-state index contributed by atoms with van der Waals surface area (Å²) in [6.45, 7) is 0. The molecule has 0 aliphatic heterocycles. The van der Waals surface area contributed by atoms with E-state index in [1.54, 1.807) is 0 Å². The molecule has 0 spiro atoms. The Morgan fingerprint density at radius 2 is 1.79 bits per heavy atom. The van der Waals surface area contributed by atoms with E-state index in [9.17, 15) is 13.9 Å². The normalized spacial score (nSPS) is 22.1. The number of aliphatic hydroxyl groups is 1. The van der Waals surface area contributed by atoms with Gasteiger partial charge in [-0.05, 0) is 42.5 Å². The van der Waals surface area contributed by atoms with E-state index in [1.165, 1.54) is 12.1 Å². The molecule has 0 radical (unpaired) electrons. The molecular formula is C16H14F2O. The average molecular weight is 260 g/mol. The Kier molecular flexibility index (Phi) is 2.86. The van der Waals surface area contributed by atoms with Gasteiger partial charge >= 0.3 is 0 Å². The fourth-order valence-corrected chi connectivity index (χ4v) is 2.92. The molecule has 0 saturated carbocycles. The Labute approximate surface area is 110 Å². The largest absolute Gasteiger partial charge is 0.380 e. The lowest BCUT2D eigenvalue weighted by Gasteiger charge is -2.35. The molecule has 1 nitrogen and oxygen atoms in total. The van der Waals surface area contributed by atoms with Gasteiger partial charge in [0.05, 0.1) is 0 Å². The van der Waals surface area contributed by atoms with Crippen molar-refractivity contribution in [3.8, 4) is 0 Å². The molecule has 0 amide bonds. The van der Waals surface area contributed by atoms with Crippen LogP contribution in [0, 0.1) is 11.6 Å². The molecular weight excluding hydrogens is 246 g/mol. The van der Waals surface area contributed by atoms with Crippen molar-refractivity contribution in [3.63, 3.8) is 0 Å². The molecule has 0 saturated heterocycles. The van der Waals surface area contributed by atoms with Crippen molar-refractivity contribution in [2.75, 3.05) is 0 Å². The van der Waals surface area contributed by atoms with Gasteiger partial charge in [0, 0.05) is 11.6 Å². The van der Waals surface area contributed by atoms with E-state index in [4.69, 9.17) is 0 Å². The van der Waals surface area contributed by atoms with E-state index in [2.05, 4.69) is 0 Å². The number of aryl methyl sites for hydroxylation is 1. The lowest BCUT2D eigenvalue weighted by Crippen LogP contribution is -2.32. The van der Waals surface area contributed by atoms with Crippen LogP contribution in [0.15, 0.2) is 42.5 Å². The van der Waals surface area contributed by atoms with Crippen LogP contribution in [-0.4, -0.2) is 5.11 Å². The maximum Gasteiger partial charge on any atom is 0.132 e. The number of benzene rings is 2. The lowest BCUT2D eigenvalue weighted by atomic mass is 9.75. The quantitative estimate of drug-likeness (QED) is 0.831. The molecule has 2 aromatic rings. The van der Waals surface area contributed by atoms with Gasteiger partial charge in [0.1, 0.15) is 17.2 Å². The van der Waals surface area contributed by atoms with Crippen LogP contribution in [0.1, 0.15) is 29.5 Å². The number of fused-ring (bicyclic) bond motifs is 1. The second kappa shape index (κ2) is 4.42. The average Bonchev–Trinajstić information content (AvgIpc) is 2.39. The molecule has 0 fully saturated rings. The fourth-order valence-electron chi connectivity index (χ4n) is 2.92. The van der Waals surface area contributed by atoms with Gasteiger partial charge in [-0.3, -0.25) is 0 Å². The topological polar surface area (TPSA) is 20.2 Å². The van der Waals surface area contributed by atoms with Gasteiger partial charge in [-0.25, -0.2) is 8.78 Å². The molecule has 3 heteroatoms. The molecule has 1 unspecified atom stereocenters. The highest BCUT2D eigenvalue weighted by atomic mass is 19.1. The summed E-state index contributed by atoms with van der Waals surface area (Å²) in [4.78, 5) is 0. The molecule has 2 aromatic carbocycles. The van der Waals surface area contributed by atoms with E-state index >= 15 is 0 Å². The lowest BCUT2D eigenvalue weighted by molar-refractivity contribution is 0.0577. The van der Waals surface area contributed by atoms with Crippen LogP contribution >= 0.6 is 0 Å². The summed E-state index contributed by atoms with van der Waals surface area (Å²) in [5.41, 5.74) is 0.555. The first-order valence-electron chi connectivity index (χ1n) is 6.37. The number of halogens is 2. The highest BCUT2D eigenvalue weighted by Crippen LogP contribution is 2.41. The molecule has 1 atom stereocenters. The summed E-state index contributed by atoms with van der Waals surface area (Å²) in [5, 5.41) is 10.9. The van der Waals surface area contributed by atoms with Crippen molar-refractivity contribution in [1.82, 2.24) is 0 Å². The minimum absolute atomic E-state index is 0.154. The summed E-state index contributed by atoms with van der Waals surface area (Å²) >= 11 is 0. The third-order valence-electron chi connectivity index (χ3n) is 3.82. The summed E-state index contributed by atoms with van der Waals surface area (Å²) < 4.78 is 27.0. The van der Waals surface area contributed by atoms with Gasteiger partial charge < -0.3 is 5.11 Å². The Balaban J connectivity index is 2.19. The zero-order chi connectivity index (χ0) is 13.5. The van der Waals surface area contributed by atoms with Gasteiger partial charge in [0.2, 0.25) is 0 Å². The smallest absolute Gasteiger partial charge is 0.132 e. The Morgan fingerprint density at radius 1 is 1.00 bits per heavy atom. The molecule has 19 heavy (non-hydrogen) atoms. The molecule has 0 aromatic heterocycles. The van der Waals surface area contributed by atoms with Crippen molar-refractivity contribution in [3.05, 3.63) is 70.8 Å². The summed E-state index contributed by atoms with van der Waals surface area (Å²) in [6, 6.07) is 10.9. The van der Waals surface area contributed by atoms with Crippen LogP contribution < -0.4 is 0 Å². The van der Waals surface area contributed by atoms with Crippen LogP contribution in [-0.2, 0) is 12.0 Å². The first-order chi connectivity index (χ1) is 9.11. The monoisotopic (exact) mass is 260 g/mol. The van der Waals surface area contributed by atoms with Gasteiger partial charge in [-0.1, -0.05) is 24.3 Å². The van der Waals surface area contributed by atoms with Crippen LogP contribution in [0.4, 0.5) is 8.78 Å². The molecule has 1 N–H and O–H groups in total. The maximum absolute atomic E-state index is 14.0. The Morgan fingerprint density at radius 3 is 2.58 bits per heavy atom. The standard InChI is InChI=1S/C16H14F2O/c17-12-7-8-14(15(18)10-12)16(19)9-3-5-11-4-1-2-6-13(11)16/h1-2,4,6-8,10,19H,3,5,9H2.